The molecule has 0 bridgehead atoms. The molecule has 3 nitrogen and oxygen atoms in total. The van der Waals surface area contributed by atoms with Crippen LogP contribution in [0, 0.1) is 0 Å². The third-order valence-corrected chi connectivity index (χ3v) is 3.49. The van der Waals surface area contributed by atoms with E-state index in [1.54, 1.807) is 0 Å². The summed E-state index contributed by atoms with van der Waals surface area (Å²) in [5.41, 5.74) is 1.07. The van der Waals surface area contributed by atoms with Gasteiger partial charge in [0.15, 0.2) is 0 Å². The highest BCUT2D eigenvalue weighted by atomic mass is 35.5. The number of morpholine rings is 1. The number of hydrogen-bond acceptors (Lipinski definition) is 3. The molecule has 106 valence electrons. The summed E-state index contributed by atoms with van der Waals surface area (Å²) in [6, 6.07) is 7.83. The van der Waals surface area contributed by atoms with Crippen molar-refractivity contribution >= 4 is 17.3 Å². The van der Waals surface area contributed by atoms with Gasteiger partial charge >= 0.3 is 0 Å². The fourth-order valence-corrected chi connectivity index (χ4v) is 2.81. The summed E-state index contributed by atoms with van der Waals surface area (Å²) in [6.45, 7) is 10.4. The highest BCUT2D eigenvalue weighted by Gasteiger charge is 2.30. The summed E-state index contributed by atoms with van der Waals surface area (Å²) < 4.78 is 5.90. The molecule has 1 fully saturated rings. The maximum Gasteiger partial charge on any atom is 0.0757 e. The molecule has 1 atom stereocenters. The smallest absolute Gasteiger partial charge is 0.0757 e. The molecule has 1 N–H and O–H groups in total. The van der Waals surface area contributed by atoms with Crippen LogP contribution in [0.2, 0.25) is 5.02 Å². The Morgan fingerprint density at radius 2 is 2.05 bits per heavy atom. The molecule has 1 unspecified atom stereocenters. The zero-order chi connectivity index (χ0) is 13.9. The fourth-order valence-electron chi connectivity index (χ4n) is 2.68. The van der Waals surface area contributed by atoms with Crippen molar-refractivity contribution in [2.45, 2.75) is 32.5 Å². The van der Waals surface area contributed by atoms with Gasteiger partial charge in [-0.3, -0.25) is 4.90 Å². The van der Waals surface area contributed by atoms with Crippen molar-refractivity contribution in [1.82, 2.24) is 4.90 Å². The van der Waals surface area contributed by atoms with E-state index in [0.29, 0.717) is 6.10 Å². The minimum atomic E-state index is -0.0437. The van der Waals surface area contributed by atoms with Gasteiger partial charge < -0.3 is 10.1 Å². The summed E-state index contributed by atoms with van der Waals surface area (Å²) >= 11 is 5.86. The first-order valence-electron chi connectivity index (χ1n) is 6.84. The van der Waals surface area contributed by atoms with Gasteiger partial charge in [-0.25, -0.2) is 0 Å². The number of anilines is 1. The minimum Gasteiger partial charge on any atom is -0.384 e. The Labute approximate surface area is 120 Å². The van der Waals surface area contributed by atoms with Gasteiger partial charge in [0.05, 0.1) is 11.7 Å². The van der Waals surface area contributed by atoms with Crippen molar-refractivity contribution in [3.63, 3.8) is 0 Å². The topological polar surface area (TPSA) is 24.5 Å². The first kappa shape index (κ1) is 14.6. The lowest BCUT2D eigenvalue weighted by atomic mass is 10.1. The second-order valence-corrected chi connectivity index (χ2v) is 6.29. The van der Waals surface area contributed by atoms with Gasteiger partial charge in [-0.15, -0.1) is 0 Å². The predicted octanol–water partition coefficient (Wildman–Crippen LogP) is 3.25. The van der Waals surface area contributed by atoms with Crippen LogP contribution in [-0.4, -0.2) is 42.8 Å². The van der Waals surface area contributed by atoms with Crippen LogP contribution in [0.15, 0.2) is 24.3 Å². The quantitative estimate of drug-likeness (QED) is 0.917. The number of ether oxygens (including phenoxy) is 1. The molecular formula is C15H23ClN2O. The zero-order valence-corrected chi connectivity index (χ0v) is 12.7. The van der Waals surface area contributed by atoms with E-state index >= 15 is 0 Å². The van der Waals surface area contributed by atoms with E-state index in [1.165, 1.54) is 0 Å². The lowest BCUT2D eigenvalue weighted by molar-refractivity contribution is -0.127. The average Bonchev–Trinajstić information content (AvgIpc) is 2.29. The molecule has 1 saturated heterocycles. The number of nitrogens with zero attached hydrogens (tertiary/aromatic N) is 1. The lowest BCUT2D eigenvalue weighted by Crippen LogP contribution is -2.52. The standard InChI is InChI=1S/C15H23ClN2O/c1-12-10-18(11-15(2,3)19-12)9-8-17-14-6-4-13(16)5-7-14/h4-7,12,17H,8-11H2,1-3H3. The van der Waals surface area contributed by atoms with Crippen molar-refractivity contribution in [2.75, 3.05) is 31.5 Å². The van der Waals surface area contributed by atoms with Crippen molar-refractivity contribution in [3.8, 4) is 0 Å². The fraction of sp³-hybridized carbons (Fsp3) is 0.600. The van der Waals surface area contributed by atoms with Crippen LogP contribution in [-0.2, 0) is 4.74 Å². The molecule has 0 aromatic heterocycles. The van der Waals surface area contributed by atoms with Gasteiger partial charge in [-0.2, -0.15) is 0 Å². The molecule has 2 rings (SSSR count). The van der Waals surface area contributed by atoms with Crippen LogP contribution < -0.4 is 5.32 Å². The highest BCUT2D eigenvalue weighted by molar-refractivity contribution is 6.30. The Kier molecular flexibility index (Phi) is 4.71. The van der Waals surface area contributed by atoms with Crippen LogP contribution in [0.4, 0.5) is 5.69 Å². The Hall–Kier alpha value is -0.770. The highest BCUT2D eigenvalue weighted by Crippen LogP contribution is 2.20. The lowest BCUT2D eigenvalue weighted by Gasteiger charge is -2.41. The predicted molar refractivity (Wildman–Crippen MR) is 81.0 cm³/mol. The summed E-state index contributed by atoms with van der Waals surface area (Å²) in [5.74, 6) is 0. The van der Waals surface area contributed by atoms with Gasteiger partial charge in [-0.1, -0.05) is 11.6 Å². The number of rotatable bonds is 4. The summed E-state index contributed by atoms with van der Waals surface area (Å²) in [4.78, 5) is 2.46. The van der Waals surface area contributed by atoms with E-state index in [0.717, 1.165) is 36.9 Å². The average molecular weight is 283 g/mol. The molecular weight excluding hydrogens is 260 g/mol. The van der Waals surface area contributed by atoms with Gasteiger partial charge in [0.2, 0.25) is 0 Å². The molecule has 1 heterocycles. The first-order chi connectivity index (χ1) is 8.94. The molecule has 0 radical (unpaired) electrons. The SMILES string of the molecule is CC1CN(CCNc2ccc(Cl)cc2)CC(C)(C)O1. The van der Waals surface area contributed by atoms with Crippen LogP contribution in [0.25, 0.3) is 0 Å². The summed E-state index contributed by atoms with van der Waals surface area (Å²) in [5, 5.41) is 4.19. The monoisotopic (exact) mass is 282 g/mol. The normalized spacial score (nSPS) is 23.3. The van der Waals surface area contributed by atoms with Crippen LogP contribution in [0.1, 0.15) is 20.8 Å². The number of halogens is 1. The molecule has 0 amide bonds. The third kappa shape index (κ3) is 4.68. The Balaban J connectivity index is 1.77. The summed E-state index contributed by atoms with van der Waals surface area (Å²) in [6.07, 6.45) is 0.305. The van der Waals surface area contributed by atoms with Gasteiger partial charge in [0, 0.05) is 36.9 Å². The number of nitrogens with one attached hydrogen (secondary N) is 1. The number of benzene rings is 1. The Morgan fingerprint density at radius 3 is 2.68 bits per heavy atom. The van der Waals surface area contributed by atoms with Crippen molar-refractivity contribution < 1.29 is 4.74 Å². The Morgan fingerprint density at radius 1 is 1.37 bits per heavy atom. The molecule has 1 aliphatic heterocycles. The number of hydrogen-bond donors (Lipinski definition) is 1. The van der Waals surface area contributed by atoms with E-state index in [4.69, 9.17) is 16.3 Å². The zero-order valence-electron chi connectivity index (χ0n) is 11.9. The molecule has 19 heavy (non-hydrogen) atoms. The third-order valence-electron chi connectivity index (χ3n) is 3.24. The van der Waals surface area contributed by atoms with Crippen molar-refractivity contribution in [2.24, 2.45) is 0 Å². The summed E-state index contributed by atoms with van der Waals surface area (Å²) in [7, 11) is 0. The Bertz CT molecular complexity index is 405. The second-order valence-electron chi connectivity index (χ2n) is 5.86. The first-order valence-corrected chi connectivity index (χ1v) is 7.22. The van der Waals surface area contributed by atoms with Crippen LogP contribution >= 0.6 is 11.6 Å². The molecule has 0 saturated carbocycles. The van der Waals surface area contributed by atoms with E-state index < -0.39 is 0 Å². The van der Waals surface area contributed by atoms with Gasteiger partial charge in [0.25, 0.3) is 0 Å². The second kappa shape index (κ2) is 6.12. The van der Waals surface area contributed by atoms with Gasteiger partial charge in [-0.05, 0) is 45.0 Å². The van der Waals surface area contributed by atoms with E-state index in [1.807, 2.05) is 24.3 Å². The molecule has 1 aliphatic rings. The van der Waals surface area contributed by atoms with E-state index in [2.05, 4.69) is 31.0 Å². The molecule has 0 aliphatic carbocycles. The van der Waals surface area contributed by atoms with E-state index in [9.17, 15) is 0 Å². The van der Waals surface area contributed by atoms with E-state index in [-0.39, 0.29) is 5.60 Å². The van der Waals surface area contributed by atoms with Gasteiger partial charge in [0.1, 0.15) is 0 Å². The maximum atomic E-state index is 5.90. The molecule has 1 aromatic carbocycles. The molecule has 0 spiro atoms. The molecule has 4 heteroatoms. The maximum absolute atomic E-state index is 5.90. The van der Waals surface area contributed by atoms with Crippen LogP contribution in [0.5, 0.6) is 0 Å². The minimum absolute atomic E-state index is 0.0437. The van der Waals surface area contributed by atoms with Crippen molar-refractivity contribution in [1.29, 1.82) is 0 Å². The largest absolute Gasteiger partial charge is 0.384 e. The van der Waals surface area contributed by atoms with Crippen LogP contribution in [0.3, 0.4) is 0 Å². The molecule has 1 aromatic rings. The van der Waals surface area contributed by atoms with Crippen molar-refractivity contribution in [3.05, 3.63) is 29.3 Å².